The Hall–Kier alpha value is -1.74. The summed E-state index contributed by atoms with van der Waals surface area (Å²) < 4.78 is 0. The predicted molar refractivity (Wildman–Crippen MR) is 50.6 cm³/mol. The lowest BCUT2D eigenvalue weighted by molar-refractivity contribution is 1.72. The van der Waals surface area contributed by atoms with Crippen LogP contribution in [0.5, 0.6) is 0 Å². The summed E-state index contributed by atoms with van der Waals surface area (Å²) >= 11 is 0. The lowest BCUT2D eigenvalue weighted by Crippen LogP contribution is -1.47. The molecule has 0 heteroatoms. The highest BCUT2D eigenvalue weighted by Gasteiger charge is 1.57. The summed E-state index contributed by atoms with van der Waals surface area (Å²) in [5.74, 6) is 0. The molecule has 2 rings (SSSR count). The van der Waals surface area contributed by atoms with E-state index in [1.165, 1.54) is 0 Å². The maximum absolute atomic E-state index is 2.77. The van der Waals surface area contributed by atoms with Crippen molar-refractivity contribution in [2.45, 2.75) is 0 Å². The first-order valence-electron chi connectivity index (χ1n) is 3.83. The van der Waals surface area contributed by atoms with Crippen LogP contribution in [-0.2, 0) is 0 Å². The van der Waals surface area contributed by atoms with Gasteiger partial charge in [0.25, 0.3) is 0 Å². The van der Waals surface area contributed by atoms with Crippen LogP contribution in [0.15, 0.2) is 60.7 Å². The van der Waals surface area contributed by atoms with Crippen LogP contribution in [0.1, 0.15) is 0 Å². The fraction of sp³-hybridized carbons (Fsp3) is 0. The van der Waals surface area contributed by atoms with Crippen LogP contribution < -0.4 is 0 Å². The number of hydrogen-bond donors (Lipinski definition) is 0. The molecule has 0 radical (unpaired) electrons. The zero-order valence-corrected chi connectivity index (χ0v) is 6.77. The second-order valence-electron chi connectivity index (χ2n) is 2.16. The molecule has 0 unspecified atom stereocenters. The van der Waals surface area contributed by atoms with Gasteiger partial charge >= 0.3 is 0 Å². The van der Waals surface area contributed by atoms with Crippen molar-refractivity contribution in [3.63, 3.8) is 0 Å². The topological polar surface area (TPSA) is 0 Å². The number of rotatable bonds is 0. The van der Waals surface area contributed by atoms with Crippen molar-refractivity contribution in [1.82, 2.24) is 0 Å². The molecule has 2 aromatic carbocycles. The highest BCUT2D eigenvalue weighted by atomic mass is 13.6. The van der Waals surface area contributed by atoms with Gasteiger partial charge in [0.2, 0.25) is 0 Å². The van der Waals surface area contributed by atoms with Gasteiger partial charge in [-0.2, -0.15) is 0 Å². The summed E-state index contributed by atoms with van der Waals surface area (Å²) in [4.78, 5) is 0. The first kappa shape index (κ1) is 8.36. The second-order valence-corrected chi connectivity index (χ2v) is 2.16. The predicted octanol–water partition coefficient (Wildman–Crippen LogP) is 2.97. The Morgan fingerprint density at radius 3 is 0.917 bits per heavy atom. The molecule has 0 amide bonds. The van der Waals surface area contributed by atoms with E-state index in [1.807, 2.05) is 60.7 Å². The lowest BCUT2D eigenvalue weighted by Gasteiger charge is -1.69. The quantitative estimate of drug-likeness (QED) is 0.547. The molecule has 0 spiro atoms. The van der Waals surface area contributed by atoms with Gasteiger partial charge in [-0.15, -0.1) is 0 Å². The van der Waals surface area contributed by atoms with E-state index in [4.69, 9.17) is 0 Å². The van der Waals surface area contributed by atoms with Crippen molar-refractivity contribution >= 4 is 0 Å². The van der Waals surface area contributed by atoms with E-state index in [1.54, 1.807) is 0 Å². The molecule has 0 aliphatic carbocycles. The smallest absolute Gasteiger partial charge is 0.0115 e. The fourth-order valence-electron chi connectivity index (χ4n) is 0.688. The van der Waals surface area contributed by atoms with Gasteiger partial charge in [-0.3, -0.25) is 0 Å². The molecular weight excluding hydrogens is 144 g/mol. The van der Waals surface area contributed by atoms with Gasteiger partial charge in [0.1, 0.15) is 0 Å². The highest BCUT2D eigenvalue weighted by molar-refractivity contribution is 4.99. The largest absolute Gasteiger partial charge is 0.0702 e. The first-order chi connectivity index (χ1) is 6.00. The third-order valence-corrected chi connectivity index (χ3v) is 1.22. The van der Waals surface area contributed by atoms with E-state index in [-0.39, 0.29) is 0 Å². The van der Waals surface area contributed by atoms with E-state index in [0.717, 1.165) is 0 Å². The zero-order valence-electron chi connectivity index (χ0n) is 6.77. The molecule has 0 bridgehead atoms. The second kappa shape index (κ2) is 6.00. The van der Waals surface area contributed by atoms with Crippen LogP contribution in [0, 0.1) is 12.1 Å². The lowest BCUT2D eigenvalue weighted by atomic mass is 10.4. The van der Waals surface area contributed by atoms with Gasteiger partial charge in [0, 0.05) is 0 Å². The molecule has 0 nitrogen and oxygen atoms in total. The number of hydrogen-bond acceptors (Lipinski definition) is 0. The maximum Gasteiger partial charge on any atom is -0.0115 e. The van der Waals surface area contributed by atoms with Crippen LogP contribution in [0.3, 0.4) is 0 Å². The Labute approximate surface area is 73.5 Å². The van der Waals surface area contributed by atoms with Gasteiger partial charge in [-0.05, 0) is 12.1 Å². The van der Waals surface area contributed by atoms with E-state index in [2.05, 4.69) is 12.1 Å². The Kier molecular flexibility index (Phi) is 4.18. The molecular formula is C12H10. The molecule has 58 valence electrons. The molecule has 0 N–H and O–H groups in total. The normalized spacial score (nSPS) is 7.33. The summed E-state index contributed by atoms with van der Waals surface area (Å²) in [6, 6.07) is 25.0. The van der Waals surface area contributed by atoms with Gasteiger partial charge in [0.05, 0.1) is 0 Å². The first-order valence-corrected chi connectivity index (χ1v) is 3.83. The molecule has 0 saturated heterocycles. The summed E-state index contributed by atoms with van der Waals surface area (Å²) in [5.41, 5.74) is 0. The maximum atomic E-state index is 2.77. The van der Waals surface area contributed by atoms with Crippen molar-refractivity contribution in [1.29, 1.82) is 0 Å². The average molecular weight is 154 g/mol. The standard InChI is InChI=1S/C6H6.C6H4/c2*1-2-4-6-5-3-1/h1-6H;1-4H. The van der Waals surface area contributed by atoms with Crippen molar-refractivity contribution in [3.8, 4) is 0 Å². The van der Waals surface area contributed by atoms with Gasteiger partial charge in [-0.25, -0.2) is 0 Å². The Bertz CT molecular complexity index is 175. The van der Waals surface area contributed by atoms with Gasteiger partial charge in [-0.1, -0.05) is 60.7 Å². The fourth-order valence-corrected chi connectivity index (χ4v) is 0.688. The molecule has 0 aromatic heterocycles. The molecule has 2 aromatic rings. The van der Waals surface area contributed by atoms with Gasteiger partial charge in [0.15, 0.2) is 0 Å². The Morgan fingerprint density at radius 1 is 0.417 bits per heavy atom. The van der Waals surface area contributed by atoms with Crippen LogP contribution in [0.4, 0.5) is 0 Å². The Balaban J connectivity index is 0.000000120. The minimum Gasteiger partial charge on any atom is -0.0702 e. The third-order valence-electron chi connectivity index (χ3n) is 1.22. The summed E-state index contributed by atoms with van der Waals surface area (Å²) in [6.07, 6.45) is 0. The van der Waals surface area contributed by atoms with Crippen molar-refractivity contribution in [2.75, 3.05) is 0 Å². The van der Waals surface area contributed by atoms with E-state index in [9.17, 15) is 0 Å². The zero-order chi connectivity index (χ0) is 8.49. The van der Waals surface area contributed by atoms with Crippen LogP contribution in [-0.4, -0.2) is 0 Å². The number of benzene rings is 1. The van der Waals surface area contributed by atoms with E-state index >= 15 is 0 Å². The van der Waals surface area contributed by atoms with Crippen molar-refractivity contribution < 1.29 is 0 Å². The van der Waals surface area contributed by atoms with E-state index in [0.29, 0.717) is 0 Å². The third kappa shape index (κ3) is 4.14. The SMILES string of the molecule is c1ccccc#1.c1ccccc1. The summed E-state index contributed by atoms with van der Waals surface area (Å²) in [6.45, 7) is 0. The molecule has 0 atom stereocenters. The molecule has 0 fully saturated rings. The molecule has 0 aliphatic heterocycles. The minimum atomic E-state index is 1.82. The molecule has 0 heterocycles. The van der Waals surface area contributed by atoms with Gasteiger partial charge < -0.3 is 0 Å². The summed E-state index contributed by atoms with van der Waals surface area (Å²) in [7, 11) is 0. The van der Waals surface area contributed by atoms with Crippen molar-refractivity contribution in [2.24, 2.45) is 0 Å². The Morgan fingerprint density at radius 2 is 0.750 bits per heavy atom. The average Bonchev–Trinajstić information content (AvgIpc) is 2.24. The summed E-state index contributed by atoms with van der Waals surface area (Å²) in [5, 5.41) is 0. The monoisotopic (exact) mass is 154 g/mol. The molecule has 12 heavy (non-hydrogen) atoms. The minimum absolute atomic E-state index is 1.82. The van der Waals surface area contributed by atoms with Crippen LogP contribution >= 0.6 is 0 Å². The molecule has 0 aliphatic rings. The molecule has 0 saturated carbocycles. The van der Waals surface area contributed by atoms with Crippen LogP contribution in [0.2, 0.25) is 0 Å². The van der Waals surface area contributed by atoms with E-state index < -0.39 is 0 Å². The highest BCUT2D eigenvalue weighted by Crippen LogP contribution is 1.79. The van der Waals surface area contributed by atoms with Crippen LogP contribution in [0.25, 0.3) is 0 Å². The van der Waals surface area contributed by atoms with Crippen molar-refractivity contribution in [3.05, 3.63) is 72.8 Å².